The fourth-order valence-electron chi connectivity index (χ4n) is 2.43. The van der Waals surface area contributed by atoms with E-state index in [4.69, 9.17) is 9.84 Å². The van der Waals surface area contributed by atoms with Crippen molar-refractivity contribution in [2.45, 2.75) is 31.6 Å². The number of rotatable bonds is 4. The smallest absolute Gasteiger partial charge is 0.304 e. The maximum Gasteiger partial charge on any atom is 0.304 e. The number of carboxylic acids is 1. The lowest BCUT2D eigenvalue weighted by molar-refractivity contribution is -0.137. The zero-order chi connectivity index (χ0) is 13.5. The van der Waals surface area contributed by atoms with Crippen molar-refractivity contribution in [3.05, 3.63) is 27.5 Å². The molecule has 18 heavy (non-hydrogen) atoms. The number of hydrogen-bond donors (Lipinski definition) is 1. The summed E-state index contributed by atoms with van der Waals surface area (Å²) < 4.78 is 19.9. The van der Waals surface area contributed by atoms with E-state index in [0.29, 0.717) is 28.6 Å². The van der Waals surface area contributed by atoms with Crippen molar-refractivity contribution in [2.24, 2.45) is 0 Å². The predicted octanol–water partition coefficient (Wildman–Crippen LogP) is 3.41. The van der Waals surface area contributed by atoms with Crippen LogP contribution in [0.4, 0.5) is 4.39 Å². The normalized spacial score (nSPS) is 16.4. The first-order valence-electron chi connectivity index (χ1n) is 5.66. The second-order valence-corrected chi connectivity index (χ2v) is 5.60. The second kappa shape index (κ2) is 4.53. The van der Waals surface area contributed by atoms with Gasteiger partial charge in [0, 0.05) is 11.0 Å². The summed E-state index contributed by atoms with van der Waals surface area (Å²) in [6.45, 7) is 1.82. The van der Waals surface area contributed by atoms with Crippen LogP contribution in [0.1, 0.15) is 30.4 Å². The van der Waals surface area contributed by atoms with Gasteiger partial charge in [-0.15, -0.1) is 0 Å². The van der Waals surface area contributed by atoms with E-state index in [9.17, 15) is 9.18 Å². The molecule has 0 saturated heterocycles. The van der Waals surface area contributed by atoms with Gasteiger partial charge in [-0.2, -0.15) is 0 Å². The number of carboxylic acid groups (broad SMARTS) is 1. The van der Waals surface area contributed by atoms with Crippen molar-refractivity contribution in [1.82, 2.24) is 0 Å². The van der Waals surface area contributed by atoms with Gasteiger partial charge in [0.1, 0.15) is 11.6 Å². The Morgan fingerprint density at radius 2 is 2.22 bits per heavy atom. The summed E-state index contributed by atoms with van der Waals surface area (Å²) in [5.41, 5.74) is 0.604. The Kier molecular flexibility index (Phi) is 3.36. The molecule has 0 spiro atoms. The highest BCUT2D eigenvalue weighted by Crippen LogP contribution is 2.56. The standard InChI is InChI=1S/C13H14BrFO3/c1-7-5-8(14)11(15)10(12(7)18-2)13(3-4-13)6-9(16)17/h5H,3-4,6H2,1-2H3,(H,16,17). The monoisotopic (exact) mass is 316 g/mol. The van der Waals surface area contributed by atoms with Gasteiger partial charge in [-0.1, -0.05) is 0 Å². The molecule has 0 bridgehead atoms. The number of methoxy groups -OCH3 is 1. The van der Waals surface area contributed by atoms with Crippen molar-refractivity contribution >= 4 is 21.9 Å². The van der Waals surface area contributed by atoms with Crippen LogP contribution in [0.25, 0.3) is 0 Å². The Hall–Kier alpha value is -1.10. The average Bonchev–Trinajstić information content (AvgIpc) is 3.02. The highest BCUT2D eigenvalue weighted by atomic mass is 79.9. The molecule has 0 aromatic heterocycles. The molecule has 0 aliphatic heterocycles. The van der Waals surface area contributed by atoms with Crippen LogP contribution in [0.3, 0.4) is 0 Å². The summed E-state index contributed by atoms with van der Waals surface area (Å²) in [6, 6.07) is 1.65. The lowest BCUT2D eigenvalue weighted by atomic mass is 9.89. The van der Waals surface area contributed by atoms with Gasteiger partial charge in [-0.25, -0.2) is 4.39 Å². The van der Waals surface area contributed by atoms with Crippen LogP contribution in [0.5, 0.6) is 5.75 Å². The molecule has 0 amide bonds. The van der Waals surface area contributed by atoms with Crippen molar-refractivity contribution in [3.63, 3.8) is 0 Å². The zero-order valence-electron chi connectivity index (χ0n) is 10.2. The first-order valence-corrected chi connectivity index (χ1v) is 6.45. The molecule has 0 atom stereocenters. The van der Waals surface area contributed by atoms with Gasteiger partial charge >= 0.3 is 5.97 Å². The molecule has 3 nitrogen and oxygen atoms in total. The first-order chi connectivity index (χ1) is 8.41. The number of hydrogen-bond acceptors (Lipinski definition) is 2. The predicted molar refractivity (Wildman–Crippen MR) is 68.6 cm³/mol. The number of aryl methyl sites for hydroxylation is 1. The number of benzene rings is 1. The summed E-state index contributed by atoms with van der Waals surface area (Å²) in [5, 5.41) is 8.97. The molecule has 2 rings (SSSR count). The molecular formula is C13H14BrFO3. The van der Waals surface area contributed by atoms with Gasteiger partial charge < -0.3 is 9.84 Å². The fraction of sp³-hybridized carbons (Fsp3) is 0.462. The molecule has 5 heteroatoms. The average molecular weight is 317 g/mol. The van der Waals surface area contributed by atoms with Crippen LogP contribution in [0, 0.1) is 12.7 Å². The minimum Gasteiger partial charge on any atom is -0.496 e. The maximum atomic E-state index is 14.3. The zero-order valence-corrected chi connectivity index (χ0v) is 11.8. The quantitative estimate of drug-likeness (QED) is 0.926. The third-order valence-electron chi connectivity index (χ3n) is 3.44. The van der Waals surface area contributed by atoms with E-state index in [2.05, 4.69) is 15.9 Å². The van der Waals surface area contributed by atoms with Crippen molar-refractivity contribution < 1.29 is 19.0 Å². The number of halogens is 2. The fourth-order valence-corrected chi connectivity index (χ4v) is 2.97. The maximum absolute atomic E-state index is 14.3. The number of aliphatic carboxylic acids is 1. The van der Waals surface area contributed by atoms with E-state index in [-0.39, 0.29) is 6.42 Å². The SMILES string of the molecule is COc1c(C)cc(Br)c(F)c1C1(CC(=O)O)CC1. The molecular weight excluding hydrogens is 303 g/mol. The van der Waals surface area contributed by atoms with E-state index in [1.807, 2.05) is 6.92 Å². The van der Waals surface area contributed by atoms with Crippen molar-refractivity contribution in [2.75, 3.05) is 7.11 Å². The van der Waals surface area contributed by atoms with Gasteiger partial charge in [0.05, 0.1) is 18.0 Å². The van der Waals surface area contributed by atoms with Gasteiger partial charge in [0.15, 0.2) is 0 Å². The first kappa shape index (κ1) is 13.3. The molecule has 0 heterocycles. The molecule has 1 aliphatic carbocycles. The van der Waals surface area contributed by atoms with Crippen LogP contribution in [0.15, 0.2) is 10.5 Å². The third-order valence-corrected chi connectivity index (χ3v) is 4.01. The molecule has 1 fully saturated rings. The molecule has 1 saturated carbocycles. The Balaban J connectivity index is 2.59. The van der Waals surface area contributed by atoms with Crippen molar-refractivity contribution in [3.8, 4) is 5.75 Å². The lowest BCUT2D eigenvalue weighted by Crippen LogP contribution is -2.17. The van der Waals surface area contributed by atoms with E-state index in [1.165, 1.54) is 7.11 Å². The number of carbonyl (C=O) groups is 1. The van der Waals surface area contributed by atoms with Gasteiger partial charge in [-0.05, 0) is 47.3 Å². The highest BCUT2D eigenvalue weighted by molar-refractivity contribution is 9.10. The number of ether oxygens (including phenoxy) is 1. The van der Waals surface area contributed by atoms with Crippen LogP contribution in [0.2, 0.25) is 0 Å². The van der Waals surface area contributed by atoms with Gasteiger partial charge in [0.25, 0.3) is 0 Å². The molecule has 0 radical (unpaired) electrons. The minimum atomic E-state index is -0.911. The highest BCUT2D eigenvalue weighted by Gasteiger charge is 2.50. The lowest BCUT2D eigenvalue weighted by Gasteiger charge is -2.20. The Bertz CT molecular complexity index is 509. The minimum absolute atomic E-state index is 0.0594. The van der Waals surface area contributed by atoms with Gasteiger partial charge in [-0.3, -0.25) is 4.79 Å². The van der Waals surface area contributed by atoms with E-state index in [0.717, 1.165) is 5.56 Å². The Labute approximate surface area is 113 Å². The summed E-state index contributed by atoms with van der Waals surface area (Å²) in [4.78, 5) is 10.9. The molecule has 1 N–H and O–H groups in total. The van der Waals surface area contributed by atoms with Crippen LogP contribution >= 0.6 is 15.9 Å². The summed E-state index contributed by atoms with van der Waals surface area (Å²) in [6.07, 6.45) is 1.31. The topological polar surface area (TPSA) is 46.5 Å². The van der Waals surface area contributed by atoms with Crippen LogP contribution in [-0.4, -0.2) is 18.2 Å². The molecule has 98 valence electrons. The molecule has 1 aromatic rings. The van der Waals surface area contributed by atoms with Crippen LogP contribution < -0.4 is 4.74 Å². The van der Waals surface area contributed by atoms with Gasteiger partial charge in [0.2, 0.25) is 0 Å². The van der Waals surface area contributed by atoms with E-state index < -0.39 is 17.2 Å². The van der Waals surface area contributed by atoms with Crippen molar-refractivity contribution in [1.29, 1.82) is 0 Å². The molecule has 0 unspecified atom stereocenters. The second-order valence-electron chi connectivity index (χ2n) is 4.75. The van der Waals surface area contributed by atoms with E-state index >= 15 is 0 Å². The Morgan fingerprint density at radius 3 is 2.67 bits per heavy atom. The summed E-state index contributed by atoms with van der Waals surface area (Å²) in [7, 11) is 1.48. The molecule has 1 aliphatic rings. The largest absolute Gasteiger partial charge is 0.496 e. The molecule has 1 aromatic carbocycles. The third kappa shape index (κ3) is 2.11. The Morgan fingerprint density at radius 1 is 1.61 bits per heavy atom. The summed E-state index contributed by atoms with van der Waals surface area (Å²) in [5.74, 6) is -0.850. The van der Waals surface area contributed by atoms with Crippen LogP contribution in [-0.2, 0) is 10.2 Å². The van der Waals surface area contributed by atoms with E-state index in [1.54, 1.807) is 6.07 Å². The summed E-state index contributed by atoms with van der Waals surface area (Å²) >= 11 is 3.17.